The van der Waals surface area contributed by atoms with Crippen molar-refractivity contribution in [1.82, 2.24) is 15.3 Å². The third-order valence-electron chi connectivity index (χ3n) is 3.55. The molecule has 2 aromatic heterocycles. The van der Waals surface area contributed by atoms with Gasteiger partial charge < -0.3 is 14.6 Å². The highest BCUT2D eigenvalue weighted by Crippen LogP contribution is 2.31. The minimum Gasteiger partial charge on any atom is -0.450 e. The van der Waals surface area contributed by atoms with Crippen LogP contribution in [0.4, 0.5) is 5.82 Å². The van der Waals surface area contributed by atoms with Crippen LogP contribution in [-0.4, -0.2) is 36.0 Å². The molecule has 0 bridgehead atoms. The fourth-order valence-electron chi connectivity index (χ4n) is 2.47. The molecule has 0 aliphatic heterocycles. The first-order valence-corrected chi connectivity index (χ1v) is 7.24. The van der Waals surface area contributed by atoms with E-state index in [0.717, 1.165) is 35.3 Å². The third-order valence-corrected chi connectivity index (χ3v) is 3.55. The van der Waals surface area contributed by atoms with Gasteiger partial charge in [-0.25, -0.2) is 9.97 Å². The largest absolute Gasteiger partial charge is 0.450 e. The number of rotatable bonds is 5. The molecule has 22 heavy (non-hydrogen) atoms. The molecule has 0 unspecified atom stereocenters. The van der Waals surface area contributed by atoms with E-state index >= 15 is 0 Å². The molecular formula is C16H18N4O2. The van der Waals surface area contributed by atoms with E-state index < -0.39 is 0 Å². The van der Waals surface area contributed by atoms with Crippen molar-refractivity contribution in [3.05, 3.63) is 30.6 Å². The van der Waals surface area contributed by atoms with E-state index in [1.54, 1.807) is 6.33 Å². The number of carbonyl (C=O) groups is 1. The highest BCUT2D eigenvalue weighted by molar-refractivity contribution is 6.05. The second-order valence-electron chi connectivity index (χ2n) is 5.23. The summed E-state index contributed by atoms with van der Waals surface area (Å²) in [6.07, 6.45) is 2.39. The van der Waals surface area contributed by atoms with Gasteiger partial charge in [0.05, 0.1) is 0 Å². The summed E-state index contributed by atoms with van der Waals surface area (Å²) in [7, 11) is 1.96. The molecule has 0 radical (unpaired) electrons. The van der Waals surface area contributed by atoms with Gasteiger partial charge in [0.1, 0.15) is 17.4 Å². The smallest absolute Gasteiger partial charge is 0.216 e. The minimum atomic E-state index is -0.00985. The van der Waals surface area contributed by atoms with Gasteiger partial charge in [0.2, 0.25) is 5.91 Å². The Bertz CT molecular complexity index is 812. The molecule has 1 amide bonds. The molecule has 0 saturated carbocycles. The summed E-state index contributed by atoms with van der Waals surface area (Å²) < 4.78 is 5.91. The molecule has 0 saturated heterocycles. The van der Waals surface area contributed by atoms with Crippen molar-refractivity contribution in [1.29, 1.82) is 0 Å². The molecule has 1 N–H and O–H groups in total. The van der Waals surface area contributed by atoms with Crippen molar-refractivity contribution in [3.63, 3.8) is 0 Å². The van der Waals surface area contributed by atoms with Gasteiger partial charge in [0.15, 0.2) is 11.4 Å². The van der Waals surface area contributed by atoms with Crippen molar-refractivity contribution in [3.8, 4) is 0 Å². The molecule has 0 atom stereocenters. The molecule has 3 aromatic rings. The van der Waals surface area contributed by atoms with Crippen LogP contribution >= 0.6 is 0 Å². The first-order chi connectivity index (χ1) is 10.7. The SMILES string of the molecule is CC(=O)NCCCN(C)c1ncnc2c1oc1ccccc12. The van der Waals surface area contributed by atoms with Crippen LogP contribution in [0.3, 0.4) is 0 Å². The maximum Gasteiger partial charge on any atom is 0.216 e. The number of aromatic nitrogens is 2. The lowest BCUT2D eigenvalue weighted by Crippen LogP contribution is -2.26. The number of carbonyl (C=O) groups excluding carboxylic acids is 1. The van der Waals surface area contributed by atoms with E-state index in [1.165, 1.54) is 6.92 Å². The molecule has 6 heteroatoms. The number of para-hydroxylation sites is 1. The van der Waals surface area contributed by atoms with Crippen molar-refractivity contribution in [2.24, 2.45) is 0 Å². The van der Waals surface area contributed by atoms with E-state index in [9.17, 15) is 4.79 Å². The van der Waals surface area contributed by atoms with Crippen LogP contribution in [0.5, 0.6) is 0 Å². The van der Waals surface area contributed by atoms with Crippen LogP contribution in [0.25, 0.3) is 22.1 Å². The van der Waals surface area contributed by atoms with Crippen LogP contribution in [0.1, 0.15) is 13.3 Å². The number of nitrogens with one attached hydrogen (secondary N) is 1. The maximum absolute atomic E-state index is 10.9. The first kappa shape index (κ1) is 14.3. The van der Waals surface area contributed by atoms with Crippen molar-refractivity contribution in [2.75, 3.05) is 25.0 Å². The van der Waals surface area contributed by atoms with Gasteiger partial charge in [0.25, 0.3) is 0 Å². The monoisotopic (exact) mass is 298 g/mol. The molecule has 2 heterocycles. The summed E-state index contributed by atoms with van der Waals surface area (Å²) in [4.78, 5) is 21.6. The fraction of sp³-hybridized carbons (Fsp3) is 0.312. The standard InChI is InChI=1S/C16H18N4O2/c1-11(21)17-8-5-9-20(2)16-15-14(18-10-19-16)12-6-3-4-7-13(12)22-15/h3-4,6-7,10H,5,8-9H2,1-2H3,(H,17,21). The Kier molecular flexibility index (Phi) is 3.91. The zero-order valence-corrected chi connectivity index (χ0v) is 12.7. The Balaban J connectivity index is 1.85. The maximum atomic E-state index is 10.9. The van der Waals surface area contributed by atoms with Crippen molar-refractivity contribution < 1.29 is 9.21 Å². The lowest BCUT2D eigenvalue weighted by atomic mass is 10.2. The summed E-state index contributed by atoms with van der Waals surface area (Å²) in [5, 5.41) is 3.78. The summed E-state index contributed by atoms with van der Waals surface area (Å²) >= 11 is 0. The topological polar surface area (TPSA) is 71.3 Å². The van der Waals surface area contributed by atoms with Crippen LogP contribution in [-0.2, 0) is 4.79 Å². The lowest BCUT2D eigenvalue weighted by Gasteiger charge is -2.17. The van der Waals surface area contributed by atoms with Gasteiger partial charge in [-0.3, -0.25) is 4.79 Å². The normalized spacial score (nSPS) is 11.0. The van der Waals surface area contributed by atoms with Crippen LogP contribution < -0.4 is 10.2 Å². The van der Waals surface area contributed by atoms with Crippen LogP contribution in [0.15, 0.2) is 35.0 Å². The Labute approximate surface area is 128 Å². The number of benzene rings is 1. The number of anilines is 1. The van der Waals surface area contributed by atoms with Crippen LogP contribution in [0, 0.1) is 0 Å². The summed E-state index contributed by atoms with van der Waals surface area (Å²) in [5.41, 5.74) is 2.34. The highest BCUT2D eigenvalue weighted by atomic mass is 16.3. The Morgan fingerprint density at radius 3 is 2.95 bits per heavy atom. The predicted molar refractivity (Wildman–Crippen MR) is 85.9 cm³/mol. The quantitative estimate of drug-likeness (QED) is 0.732. The molecule has 6 nitrogen and oxygen atoms in total. The highest BCUT2D eigenvalue weighted by Gasteiger charge is 2.15. The lowest BCUT2D eigenvalue weighted by molar-refractivity contribution is -0.118. The van der Waals surface area contributed by atoms with Gasteiger partial charge in [-0.2, -0.15) is 0 Å². The van der Waals surface area contributed by atoms with E-state index in [1.807, 2.05) is 36.2 Å². The summed E-state index contributed by atoms with van der Waals surface area (Å²) in [5.74, 6) is 0.758. The number of fused-ring (bicyclic) bond motifs is 3. The van der Waals surface area contributed by atoms with Gasteiger partial charge in [-0.05, 0) is 18.6 Å². The Hall–Kier alpha value is -2.63. The number of hydrogen-bond acceptors (Lipinski definition) is 5. The molecule has 114 valence electrons. The van der Waals surface area contributed by atoms with Gasteiger partial charge >= 0.3 is 0 Å². The fourth-order valence-corrected chi connectivity index (χ4v) is 2.47. The van der Waals surface area contributed by atoms with E-state index in [0.29, 0.717) is 12.1 Å². The van der Waals surface area contributed by atoms with Gasteiger partial charge in [-0.1, -0.05) is 12.1 Å². The number of furan rings is 1. The minimum absolute atomic E-state index is 0.00985. The summed E-state index contributed by atoms with van der Waals surface area (Å²) in [6, 6.07) is 7.83. The Morgan fingerprint density at radius 2 is 2.14 bits per heavy atom. The predicted octanol–water partition coefficient (Wildman–Crippen LogP) is 2.34. The molecule has 0 fully saturated rings. The average Bonchev–Trinajstić information content (AvgIpc) is 2.89. The number of amides is 1. The molecule has 0 aliphatic carbocycles. The first-order valence-electron chi connectivity index (χ1n) is 7.24. The zero-order chi connectivity index (χ0) is 15.5. The number of hydrogen-bond donors (Lipinski definition) is 1. The van der Waals surface area contributed by atoms with E-state index in [2.05, 4.69) is 15.3 Å². The molecular weight excluding hydrogens is 280 g/mol. The second kappa shape index (κ2) is 6.01. The number of nitrogens with zero attached hydrogens (tertiary/aromatic N) is 3. The molecule has 1 aromatic carbocycles. The average molecular weight is 298 g/mol. The van der Waals surface area contributed by atoms with E-state index in [-0.39, 0.29) is 5.91 Å². The third kappa shape index (κ3) is 2.72. The second-order valence-corrected chi connectivity index (χ2v) is 5.23. The van der Waals surface area contributed by atoms with Crippen LogP contribution in [0.2, 0.25) is 0 Å². The zero-order valence-electron chi connectivity index (χ0n) is 12.7. The van der Waals surface area contributed by atoms with Crippen molar-refractivity contribution >= 4 is 33.8 Å². The summed E-state index contributed by atoms with van der Waals surface area (Å²) in [6.45, 7) is 2.93. The molecule has 0 spiro atoms. The molecule has 3 rings (SSSR count). The van der Waals surface area contributed by atoms with Gasteiger partial charge in [0, 0.05) is 32.4 Å². The van der Waals surface area contributed by atoms with Crippen molar-refractivity contribution in [2.45, 2.75) is 13.3 Å². The van der Waals surface area contributed by atoms with E-state index in [4.69, 9.17) is 4.42 Å². The Morgan fingerprint density at radius 1 is 1.32 bits per heavy atom. The van der Waals surface area contributed by atoms with Gasteiger partial charge in [-0.15, -0.1) is 0 Å². The molecule has 0 aliphatic rings.